The Morgan fingerprint density at radius 1 is 1.06 bits per heavy atom. The van der Waals surface area contributed by atoms with Crippen LogP contribution < -0.4 is 24.3 Å². The zero-order valence-electron chi connectivity index (χ0n) is 20.0. The Labute approximate surface area is 203 Å². The molecule has 2 aliphatic rings. The fourth-order valence-corrected chi connectivity index (χ4v) is 4.73. The van der Waals surface area contributed by atoms with Crippen molar-refractivity contribution in [3.63, 3.8) is 0 Å². The van der Waals surface area contributed by atoms with Gasteiger partial charge in [0.05, 0.1) is 24.7 Å². The first-order valence-corrected chi connectivity index (χ1v) is 11.6. The molecule has 1 fully saturated rings. The molecule has 4 rings (SSSR count). The largest absolute Gasteiger partial charge is 0.493 e. The molecule has 1 saturated carbocycles. The Hall–Kier alpha value is -3.53. The standard InChI is InChI=1S/C25H30N2O8/c1-31-9-10-34-23-15-19(27(29)30)18(14-21(23)32-2)24(28)26-16-25(7-3-4-8-25)17-5-6-20-22(13-17)35-12-11-33-20/h5-6,13-15H,3-4,7-12,16H2,1-2H3,(H,26,28). The van der Waals surface area contributed by atoms with Crippen LogP contribution in [-0.4, -0.2) is 58.0 Å². The fourth-order valence-electron chi connectivity index (χ4n) is 4.73. The first kappa shape index (κ1) is 24.6. The number of fused-ring (bicyclic) bond motifs is 1. The maximum Gasteiger partial charge on any atom is 0.286 e. The number of nitrogens with one attached hydrogen (secondary N) is 1. The number of rotatable bonds is 10. The molecule has 10 nitrogen and oxygen atoms in total. The van der Waals surface area contributed by atoms with Crippen LogP contribution in [0.3, 0.4) is 0 Å². The summed E-state index contributed by atoms with van der Waals surface area (Å²) < 4.78 is 27.2. The molecule has 1 heterocycles. The first-order chi connectivity index (χ1) is 17.0. The van der Waals surface area contributed by atoms with Crippen molar-refractivity contribution < 1.29 is 33.4 Å². The van der Waals surface area contributed by atoms with Gasteiger partial charge >= 0.3 is 0 Å². The zero-order chi connectivity index (χ0) is 24.8. The van der Waals surface area contributed by atoms with Crippen molar-refractivity contribution in [1.29, 1.82) is 0 Å². The Morgan fingerprint density at radius 2 is 1.80 bits per heavy atom. The maximum absolute atomic E-state index is 13.2. The van der Waals surface area contributed by atoms with Gasteiger partial charge in [-0.25, -0.2) is 0 Å². The van der Waals surface area contributed by atoms with Crippen molar-refractivity contribution in [3.05, 3.63) is 51.6 Å². The van der Waals surface area contributed by atoms with Gasteiger partial charge in [0.1, 0.15) is 25.4 Å². The summed E-state index contributed by atoms with van der Waals surface area (Å²) in [4.78, 5) is 24.4. The molecule has 0 atom stereocenters. The number of benzene rings is 2. The lowest BCUT2D eigenvalue weighted by atomic mass is 9.78. The van der Waals surface area contributed by atoms with Gasteiger partial charge in [-0.05, 0) is 30.5 Å². The lowest BCUT2D eigenvalue weighted by molar-refractivity contribution is -0.385. The molecule has 0 bridgehead atoms. The topological polar surface area (TPSA) is 118 Å². The summed E-state index contributed by atoms with van der Waals surface area (Å²) in [5.41, 5.74) is 0.346. The van der Waals surface area contributed by atoms with E-state index in [9.17, 15) is 14.9 Å². The molecule has 1 aliphatic carbocycles. The lowest BCUT2D eigenvalue weighted by Crippen LogP contribution is -2.39. The third kappa shape index (κ3) is 5.27. The van der Waals surface area contributed by atoms with E-state index in [2.05, 4.69) is 5.32 Å². The highest BCUT2D eigenvalue weighted by atomic mass is 16.6. The van der Waals surface area contributed by atoms with Gasteiger partial charge < -0.3 is 29.0 Å². The summed E-state index contributed by atoms with van der Waals surface area (Å²) >= 11 is 0. The monoisotopic (exact) mass is 486 g/mol. The highest BCUT2D eigenvalue weighted by molar-refractivity contribution is 5.99. The average molecular weight is 487 g/mol. The maximum atomic E-state index is 13.2. The van der Waals surface area contributed by atoms with Crippen LogP contribution in [0.25, 0.3) is 0 Å². The quantitative estimate of drug-likeness (QED) is 0.307. The predicted molar refractivity (Wildman–Crippen MR) is 127 cm³/mol. The minimum atomic E-state index is -0.594. The van der Waals surface area contributed by atoms with Crippen LogP contribution in [0.2, 0.25) is 0 Å². The number of hydrogen-bond acceptors (Lipinski definition) is 8. The molecule has 0 aromatic heterocycles. The summed E-state index contributed by atoms with van der Waals surface area (Å²) in [6, 6.07) is 8.48. The van der Waals surface area contributed by atoms with Crippen LogP contribution >= 0.6 is 0 Å². The Balaban J connectivity index is 1.57. The number of methoxy groups -OCH3 is 2. The van der Waals surface area contributed by atoms with Gasteiger partial charge in [0.25, 0.3) is 11.6 Å². The summed E-state index contributed by atoms with van der Waals surface area (Å²) in [6.45, 7) is 1.86. The van der Waals surface area contributed by atoms with Crippen LogP contribution in [0.15, 0.2) is 30.3 Å². The fraction of sp³-hybridized carbons (Fsp3) is 0.480. The Bertz CT molecular complexity index is 1080. The van der Waals surface area contributed by atoms with Gasteiger partial charge in [-0.1, -0.05) is 18.9 Å². The molecule has 0 saturated heterocycles. The highest BCUT2D eigenvalue weighted by Crippen LogP contribution is 2.44. The molecular formula is C25H30N2O8. The second-order valence-corrected chi connectivity index (χ2v) is 8.65. The van der Waals surface area contributed by atoms with E-state index >= 15 is 0 Å². The van der Waals surface area contributed by atoms with Crippen molar-refractivity contribution in [1.82, 2.24) is 5.32 Å². The van der Waals surface area contributed by atoms with Crippen LogP contribution in [0.1, 0.15) is 41.6 Å². The minimum Gasteiger partial charge on any atom is -0.493 e. The molecule has 188 valence electrons. The molecule has 1 N–H and O–H groups in total. The predicted octanol–water partition coefficient (Wildman–Crippen LogP) is 3.64. The van der Waals surface area contributed by atoms with Gasteiger partial charge in [0.15, 0.2) is 23.0 Å². The second kappa shape index (κ2) is 10.8. The van der Waals surface area contributed by atoms with E-state index in [4.69, 9.17) is 23.7 Å². The van der Waals surface area contributed by atoms with Crippen molar-refractivity contribution in [2.45, 2.75) is 31.1 Å². The molecule has 0 unspecified atom stereocenters. The van der Waals surface area contributed by atoms with Crippen molar-refractivity contribution in [2.75, 3.05) is 47.2 Å². The molecule has 10 heteroatoms. The Kier molecular flexibility index (Phi) is 7.60. The molecule has 2 aromatic rings. The number of carbonyl (C=O) groups is 1. The number of nitro benzene ring substituents is 1. The number of carbonyl (C=O) groups excluding carboxylic acids is 1. The molecule has 1 amide bonds. The van der Waals surface area contributed by atoms with Crippen molar-refractivity contribution >= 4 is 11.6 Å². The van der Waals surface area contributed by atoms with Crippen molar-refractivity contribution in [2.24, 2.45) is 0 Å². The molecular weight excluding hydrogens is 456 g/mol. The van der Waals surface area contributed by atoms with Crippen molar-refractivity contribution in [3.8, 4) is 23.0 Å². The van der Waals surface area contributed by atoms with Crippen LogP contribution in [0.4, 0.5) is 5.69 Å². The molecule has 35 heavy (non-hydrogen) atoms. The average Bonchev–Trinajstić information content (AvgIpc) is 3.37. The van der Waals surface area contributed by atoms with Crippen LogP contribution in [0, 0.1) is 10.1 Å². The zero-order valence-corrected chi connectivity index (χ0v) is 20.0. The van der Waals surface area contributed by atoms with E-state index in [0.717, 1.165) is 31.2 Å². The van der Waals surface area contributed by atoms with E-state index in [1.165, 1.54) is 26.4 Å². The minimum absolute atomic E-state index is 0.0822. The number of ether oxygens (including phenoxy) is 5. The van der Waals surface area contributed by atoms with Gasteiger partial charge in [0, 0.05) is 25.1 Å². The number of hydrogen-bond donors (Lipinski definition) is 1. The number of amides is 1. The summed E-state index contributed by atoms with van der Waals surface area (Å²) in [7, 11) is 2.94. The summed E-state index contributed by atoms with van der Waals surface area (Å²) in [5, 5.41) is 14.7. The van der Waals surface area contributed by atoms with E-state index in [1.54, 1.807) is 0 Å². The summed E-state index contributed by atoms with van der Waals surface area (Å²) in [6.07, 6.45) is 3.85. The normalized spacial score (nSPS) is 15.9. The first-order valence-electron chi connectivity index (χ1n) is 11.6. The lowest BCUT2D eigenvalue weighted by Gasteiger charge is -2.31. The van der Waals surface area contributed by atoms with Gasteiger partial charge in [-0.3, -0.25) is 14.9 Å². The van der Waals surface area contributed by atoms with E-state index < -0.39 is 10.8 Å². The number of nitrogens with zero attached hydrogens (tertiary/aromatic N) is 1. The molecule has 2 aromatic carbocycles. The third-order valence-corrected chi connectivity index (χ3v) is 6.57. The Morgan fingerprint density at radius 3 is 2.49 bits per heavy atom. The second-order valence-electron chi connectivity index (χ2n) is 8.65. The van der Waals surface area contributed by atoms with E-state index in [1.807, 2.05) is 18.2 Å². The van der Waals surface area contributed by atoms with Gasteiger partial charge in [-0.15, -0.1) is 0 Å². The van der Waals surface area contributed by atoms with E-state index in [-0.39, 0.29) is 34.8 Å². The van der Waals surface area contributed by atoms with E-state index in [0.29, 0.717) is 37.9 Å². The smallest absolute Gasteiger partial charge is 0.286 e. The highest BCUT2D eigenvalue weighted by Gasteiger charge is 2.37. The molecule has 0 radical (unpaired) electrons. The van der Waals surface area contributed by atoms with Gasteiger partial charge in [-0.2, -0.15) is 0 Å². The van der Waals surface area contributed by atoms with Crippen LogP contribution in [-0.2, 0) is 10.2 Å². The summed E-state index contributed by atoms with van der Waals surface area (Å²) in [5.74, 6) is 1.29. The number of nitro groups is 1. The van der Waals surface area contributed by atoms with Crippen LogP contribution in [0.5, 0.6) is 23.0 Å². The SMILES string of the molecule is COCCOc1cc([N+](=O)[O-])c(C(=O)NCC2(c3ccc4c(c3)OCCO4)CCCC2)cc1OC. The third-order valence-electron chi connectivity index (χ3n) is 6.57. The molecule has 0 spiro atoms. The van der Waals surface area contributed by atoms with Gasteiger partial charge in [0.2, 0.25) is 0 Å². The molecule has 1 aliphatic heterocycles.